The Bertz CT molecular complexity index is 565. The molecule has 9 atom stereocenters. The van der Waals surface area contributed by atoms with Crippen molar-refractivity contribution in [2.24, 2.45) is 17.8 Å². The van der Waals surface area contributed by atoms with Gasteiger partial charge in [0.05, 0.1) is 25.6 Å². The molecule has 9 heteroatoms. The van der Waals surface area contributed by atoms with Crippen molar-refractivity contribution < 1.29 is 43.8 Å². The largest absolute Gasteiger partial charge is 0.472 e. The maximum absolute atomic E-state index is 12.0. The number of carbonyl (C=O) groups excluding carboxylic acids is 1. The second-order valence-electron chi connectivity index (χ2n) is 7.35. The zero-order valence-electron chi connectivity index (χ0n) is 15.7. The summed E-state index contributed by atoms with van der Waals surface area (Å²) in [7, 11) is 2.71. The van der Waals surface area contributed by atoms with E-state index >= 15 is 0 Å². The highest BCUT2D eigenvalue weighted by atomic mass is 16.8. The highest BCUT2D eigenvalue weighted by molar-refractivity contribution is 5.89. The van der Waals surface area contributed by atoms with Crippen LogP contribution in [0.25, 0.3) is 0 Å². The van der Waals surface area contributed by atoms with E-state index in [9.17, 15) is 20.1 Å². The number of methoxy groups -OCH3 is 2. The summed E-state index contributed by atoms with van der Waals surface area (Å²) < 4.78 is 27.4. The van der Waals surface area contributed by atoms with Crippen molar-refractivity contribution in [3.8, 4) is 0 Å². The van der Waals surface area contributed by atoms with Crippen LogP contribution in [0.2, 0.25) is 0 Å². The average molecular weight is 388 g/mol. The van der Waals surface area contributed by atoms with Gasteiger partial charge in [0, 0.05) is 18.9 Å². The molecular formula is C18H28O9. The minimum Gasteiger partial charge on any atom is -0.472 e. The van der Waals surface area contributed by atoms with Crippen molar-refractivity contribution in [3.05, 3.63) is 11.8 Å². The quantitative estimate of drug-likeness (QED) is 0.536. The Kier molecular flexibility index (Phi) is 6.39. The van der Waals surface area contributed by atoms with E-state index in [4.69, 9.17) is 23.7 Å². The molecule has 9 nitrogen and oxygen atoms in total. The van der Waals surface area contributed by atoms with Crippen molar-refractivity contribution in [1.29, 1.82) is 0 Å². The molecule has 1 saturated heterocycles. The molecule has 3 aliphatic rings. The van der Waals surface area contributed by atoms with Gasteiger partial charge in [-0.3, -0.25) is 0 Å². The van der Waals surface area contributed by atoms with Crippen LogP contribution in [-0.2, 0) is 28.5 Å². The molecule has 154 valence electrons. The molecule has 0 spiro atoms. The third kappa shape index (κ3) is 3.72. The highest BCUT2D eigenvalue weighted by Crippen LogP contribution is 2.47. The molecule has 9 unspecified atom stereocenters. The molecule has 0 aromatic rings. The van der Waals surface area contributed by atoms with E-state index in [1.165, 1.54) is 20.5 Å². The van der Waals surface area contributed by atoms with Crippen LogP contribution in [0, 0.1) is 17.8 Å². The van der Waals surface area contributed by atoms with Crippen molar-refractivity contribution in [1.82, 2.24) is 0 Å². The number of rotatable bonds is 5. The van der Waals surface area contributed by atoms with Gasteiger partial charge in [0.1, 0.15) is 24.4 Å². The molecule has 3 rings (SSSR count). The molecule has 0 radical (unpaired) electrons. The molecular weight excluding hydrogens is 360 g/mol. The fourth-order valence-electron chi connectivity index (χ4n) is 4.35. The fraction of sp³-hybridized carbons (Fsp3) is 0.833. The summed E-state index contributed by atoms with van der Waals surface area (Å²) >= 11 is 0. The minimum absolute atomic E-state index is 0.0556. The smallest absolute Gasteiger partial charge is 0.337 e. The van der Waals surface area contributed by atoms with Crippen molar-refractivity contribution in [2.45, 2.75) is 56.8 Å². The molecule has 1 aliphatic carbocycles. The molecule has 1 saturated carbocycles. The monoisotopic (exact) mass is 388 g/mol. The zero-order chi connectivity index (χ0) is 19.7. The van der Waals surface area contributed by atoms with Gasteiger partial charge in [0.2, 0.25) is 6.29 Å². The predicted molar refractivity (Wildman–Crippen MR) is 90.0 cm³/mol. The van der Waals surface area contributed by atoms with Crippen molar-refractivity contribution in [3.63, 3.8) is 0 Å². The Labute approximate surface area is 157 Å². The van der Waals surface area contributed by atoms with Gasteiger partial charge in [-0.05, 0) is 18.8 Å². The molecule has 0 amide bonds. The van der Waals surface area contributed by atoms with Gasteiger partial charge in [-0.25, -0.2) is 4.79 Å². The lowest BCUT2D eigenvalue weighted by Gasteiger charge is -2.44. The number of hydrogen-bond acceptors (Lipinski definition) is 9. The Morgan fingerprint density at radius 2 is 1.96 bits per heavy atom. The van der Waals surface area contributed by atoms with Crippen LogP contribution in [-0.4, -0.2) is 79.1 Å². The Morgan fingerprint density at radius 3 is 2.59 bits per heavy atom. The number of aliphatic hydroxyl groups is 3. The molecule has 0 aromatic heterocycles. The summed E-state index contributed by atoms with van der Waals surface area (Å²) in [6.45, 7) is 1.59. The molecule has 2 fully saturated rings. The van der Waals surface area contributed by atoms with Crippen LogP contribution in [0.1, 0.15) is 19.8 Å². The van der Waals surface area contributed by atoms with Gasteiger partial charge in [-0.1, -0.05) is 6.92 Å². The van der Waals surface area contributed by atoms with E-state index in [0.29, 0.717) is 5.57 Å². The minimum atomic E-state index is -1.30. The van der Waals surface area contributed by atoms with E-state index in [0.717, 1.165) is 12.8 Å². The number of carbonyl (C=O) groups is 1. The van der Waals surface area contributed by atoms with Gasteiger partial charge in [0.15, 0.2) is 6.29 Å². The molecule has 3 N–H and O–H groups in total. The first-order chi connectivity index (χ1) is 12.9. The van der Waals surface area contributed by atoms with Crippen LogP contribution in [0.15, 0.2) is 11.8 Å². The fourth-order valence-corrected chi connectivity index (χ4v) is 4.35. The summed E-state index contributed by atoms with van der Waals surface area (Å²) in [6, 6.07) is 0. The third-order valence-electron chi connectivity index (χ3n) is 5.88. The topological polar surface area (TPSA) is 124 Å². The SMILES string of the molecule is COC(=O)C1=COC(OC2OC(CO)C(O)C(O)C2OC)C2C(C)CCC12. The third-order valence-corrected chi connectivity index (χ3v) is 5.88. The first-order valence-corrected chi connectivity index (χ1v) is 9.17. The Morgan fingerprint density at radius 1 is 1.22 bits per heavy atom. The summed E-state index contributed by atoms with van der Waals surface area (Å²) in [5.74, 6) is -0.330. The number of aliphatic hydroxyl groups excluding tert-OH is 3. The first-order valence-electron chi connectivity index (χ1n) is 9.17. The van der Waals surface area contributed by atoms with Crippen LogP contribution in [0.4, 0.5) is 0 Å². The lowest BCUT2D eigenvalue weighted by Crippen LogP contribution is -2.61. The highest BCUT2D eigenvalue weighted by Gasteiger charge is 2.51. The standard InChI is InChI=1S/C18H28O9/c1-8-4-5-9-10(16(22)24-3)7-25-17(12(8)9)27-18-15(23-2)14(21)13(20)11(6-19)26-18/h7-9,11-15,17-21H,4-6H2,1-3H3. The molecule has 0 bridgehead atoms. The Hall–Kier alpha value is -1.23. The second-order valence-corrected chi connectivity index (χ2v) is 7.35. The normalized spacial score (nSPS) is 44.2. The summed E-state index contributed by atoms with van der Waals surface area (Å²) in [5, 5.41) is 29.7. The lowest BCUT2D eigenvalue weighted by molar-refractivity contribution is -0.345. The number of hydrogen-bond donors (Lipinski definition) is 3. The Balaban J connectivity index is 1.79. The number of esters is 1. The van der Waals surface area contributed by atoms with Gasteiger partial charge in [0.25, 0.3) is 0 Å². The molecule has 0 aromatic carbocycles. The van der Waals surface area contributed by atoms with E-state index in [-0.39, 0.29) is 17.8 Å². The van der Waals surface area contributed by atoms with Gasteiger partial charge < -0.3 is 39.0 Å². The maximum atomic E-state index is 12.0. The maximum Gasteiger partial charge on any atom is 0.337 e. The summed E-state index contributed by atoms with van der Waals surface area (Å²) in [6.07, 6.45) is -3.20. The second kappa shape index (κ2) is 8.42. The van der Waals surface area contributed by atoms with Gasteiger partial charge in [-0.2, -0.15) is 0 Å². The molecule has 2 aliphatic heterocycles. The van der Waals surface area contributed by atoms with E-state index in [1.54, 1.807) is 0 Å². The number of fused-ring (bicyclic) bond motifs is 1. The predicted octanol–water partition coefficient (Wildman–Crippen LogP) is -0.467. The first kappa shape index (κ1) is 20.5. The van der Waals surface area contributed by atoms with Crippen LogP contribution in [0.3, 0.4) is 0 Å². The molecule has 27 heavy (non-hydrogen) atoms. The van der Waals surface area contributed by atoms with Crippen molar-refractivity contribution >= 4 is 5.97 Å². The van der Waals surface area contributed by atoms with Gasteiger partial charge >= 0.3 is 5.97 Å². The van der Waals surface area contributed by atoms with E-state index in [1.807, 2.05) is 0 Å². The molecule has 2 heterocycles. The average Bonchev–Trinajstić information content (AvgIpc) is 3.06. The zero-order valence-corrected chi connectivity index (χ0v) is 15.7. The van der Waals surface area contributed by atoms with Gasteiger partial charge in [-0.15, -0.1) is 0 Å². The van der Waals surface area contributed by atoms with Crippen LogP contribution in [0.5, 0.6) is 0 Å². The van der Waals surface area contributed by atoms with E-state index < -0.39 is 49.6 Å². The van der Waals surface area contributed by atoms with Crippen LogP contribution >= 0.6 is 0 Å². The number of ether oxygens (including phenoxy) is 5. The lowest BCUT2D eigenvalue weighted by atomic mass is 9.83. The summed E-state index contributed by atoms with van der Waals surface area (Å²) in [4.78, 5) is 12.0. The summed E-state index contributed by atoms with van der Waals surface area (Å²) in [5.41, 5.74) is 0.489. The van der Waals surface area contributed by atoms with Crippen molar-refractivity contribution in [2.75, 3.05) is 20.8 Å². The van der Waals surface area contributed by atoms with Crippen LogP contribution < -0.4 is 0 Å². The van der Waals surface area contributed by atoms with E-state index in [2.05, 4.69) is 6.92 Å².